The van der Waals surface area contributed by atoms with E-state index in [0.29, 0.717) is 5.13 Å². The van der Waals surface area contributed by atoms with Gasteiger partial charge in [0.15, 0.2) is 0 Å². The van der Waals surface area contributed by atoms with Crippen molar-refractivity contribution < 1.29 is 4.79 Å². The van der Waals surface area contributed by atoms with Crippen LogP contribution in [0.1, 0.15) is 5.69 Å². The highest BCUT2D eigenvalue weighted by atomic mass is 35.5. The minimum atomic E-state index is -0.165. The molecule has 26 heavy (non-hydrogen) atoms. The maximum absolute atomic E-state index is 12.3. The van der Waals surface area contributed by atoms with E-state index in [2.05, 4.69) is 20.5 Å². The van der Waals surface area contributed by atoms with E-state index in [-0.39, 0.29) is 12.3 Å². The number of nitrogens with zero attached hydrogens (tertiary/aromatic N) is 3. The van der Waals surface area contributed by atoms with Gasteiger partial charge in [-0.25, -0.2) is 4.98 Å². The van der Waals surface area contributed by atoms with Crippen molar-refractivity contribution in [3.8, 4) is 20.5 Å². The Morgan fingerprint density at radius 3 is 2.65 bits per heavy atom. The Kier molecular flexibility index (Phi) is 5.07. The fourth-order valence-corrected chi connectivity index (χ4v) is 4.93. The number of hydrogen-bond donors (Lipinski definition) is 1. The molecule has 3 heterocycles. The van der Waals surface area contributed by atoms with Gasteiger partial charge in [0.2, 0.25) is 11.0 Å². The lowest BCUT2D eigenvalue weighted by Gasteiger charge is -1.98. The van der Waals surface area contributed by atoms with Crippen molar-refractivity contribution in [1.29, 1.82) is 0 Å². The zero-order valence-electron chi connectivity index (χ0n) is 13.2. The standard InChI is InChI=1S/C17H11ClN4OS3/c18-13-7-6-12(25-13)16-19-11(9-24-16)8-14(23)20-17-22-21-15(26-17)10-4-2-1-3-5-10/h1-7,9H,8H2,(H,20,22,23). The fourth-order valence-electron chi connectivity index (χ4n) is 2.23. The topological polar surface area (TPSA) is 67.8 Å². The molecule has 0 saturated carbocycles. The lowest BCUT2D eigenvalue weighted by atomic mass is 10.2. The molecule has 4 rings (SSSR count). The predicted molar refractivity (Wildman–Crippen MR) is 108 cm³/mol. The lowest BCUT2D eigenvalue weighted by Crippen LogP contribution is -2.14. The summed E-state index contributed by atoms with van der Waals surface area (Å²) in [7, 11) is 0. The summed E-state index contributed by atoms with van der Waals surface area (Å²) in [5, 5.41) is 14.9. The number of halogens is 1. The third-order valence-corrected chi connectivity index (χ3v) is 6.55. The molecule has 3 aromatic heterocycles. The molecular formula is C17H11ClN4OS3. The minimum absolute atomic E-state index is 0.165. The molecule has 0 bridgehead atoms. The Bertz CT molecular complexity index is 1040. The van der Waals surface area contributed by atoms with Gasteiger partial charge in [-0.2, -0.15) is 0 Å². The molecule has 0 fully saturated rings. The summed E-state index contributed by atoms with van der Waals surface area (Å²) in [6, 6.07) is 13.5. The number of anilines is 1. The highest BCUT2D eigenvalue weighted by Gasteiger charge is 2.13. The summed E-state index contributed by atoms with van der Waals surface area (Å²) in [6.07, 6.45) is 0.190. The molecule has 1 N–H and O–H groups in total. The third kappa shape index (κ3) is 3.99. The summed E-state index contributed by atoms with van der Waals surface area (Å²) in [5.41, 5.74) is 1.70. The van der Waals surface area contributed by atoms with Crippen LogP contribution in [0.4, 0.5) is 5.13 Å². The average Bonchev–Trinajstić information content (AvgIpc) is 3.37. The van der Waals surface area contributed by atoms with Crippen molar-refractivity contribution >= 4 is 56.7 Å². The summed E-state index contributed by atoms with van der Waals surface area (Å²) < 4.78 is 0.722. The van der Waals surface area contributed by atoms with Crippen LogP contribution in [0.2, 0.25) is 4.34 Å². The van der Waals surface area contributed by atoms with Gasteiger partial charge in [-0.1, -0.05) is 53.3 Å². The van der Waals surface area contributed by atoms with E-state index in [1.807, 2.05) is 47.8 Å². The molecule has 4 aromatic rings. The number of carbonyl (C=O) groups excluding carboxylic acids is 1. The van der Waals surface area contributed by atoms with Crippen molar-refractivity contribution in [2.24, 2.45) is 0 Å². The van der Waals surface area contributed by atoms with E-state index in [4.69, 9.17) is 11.6 Å². The number of hydrogen-bond acceptors (Lipinski definition) is 7. The Morgan fingerprint density at radius 1 is 1.04 bits per heavy atom. The van der Waals surface area contributed by atoms with Crippen LogP contribution in [0, 0.1) is 0 Å². The van der Waals surface area contributed by atoms with E-state index in [1.54, 1.807) is 0 Å². The Hall–Kier alpha value is -2.13. The van der Waals surface area contributed by atoms with Gasteiger partial charge in [-0.15, -0.1) is 32.9 Å². The summed E-state index contributed by atoms with van der Waals surface area (Å²) in [4.78, 5) is 17.8. The van der Waals surface area contributed by atoms with Crippen LogP contribution in [-0.2, 0) is 11.2 Å². The fraction of sp³-hybridized carbons (Fsp3) is 0.0588. The van der Waals surface area contributed by atoms with Gasteiger partial charge in [-0.05, 0) is 12.1 Å². The number of thiazole rings is 1. The lowest BCUT2D eigenvalue weighted by molar-refractivity contribution is -0.115. The molecule has 0 atom stereocenters. The molecule has 0 aliphatic carbocycles. The van der Waals surface area contributed by atoms with Gasteiger partial charge in [0.1, 0.15) is 10.0 Å². The third-order valence-electron chi connectivity index (χ3n) is 3.37. The molecule has 1 aromatic carbocycles. The average molecular weight is 419 g/mol. The van der Waals surface area contributed by atoms with Crippen molar-refractivity contribution in [2.45, 2.75) is 6.42 Å². The first-order chi connectivity index (χ1) is 12.7. The van der Waals surface area contributed by atoms with Crippen molar-refractivity contribution in [1.82, 2.24) is 15.2 Å². The summed E-state index contributed by atoms with van der Waals surface area (Å²) in [6.45, 7) is 0. The number of carbonyl (C=O) groups is 1. The highest BCUT2D eigenvalue weighted by molar-refractivity contribution is 7.23. The van der Waals surface area contributed by atoms with Gasteiger partial charge in [0, 0.05) is 10.9 Å². The van der Waals surface area contributed by atoms with Gasteiger partial charge < -0.3 is 5.32 Å². The van der Waals surface area contributed by atoms with Crippen LogP contribution in [0.3, 0.4) is 0 Å². The normalized spacial score (nSPS) is 10.8. The zero-order chi connectivity index (χ0) is 17.9. The van der Waals surface area contributed by atoms with Gasteiger partial charge in [0.05, 0.1) is 21.3 Å². The first kappa shape index (κ1) is 17.3. The maximum Gasteiger partial charge on any atom is 0.232 e. The van der Waals surface area contributed by atoms with Crippen molar-refractivity contribution in [2.75, 3.05) is 5.32 Å². The molecular weight excluding hydrogens is 408 g/mol. The van der Waals surface area contributed by atoms with Crippen LogP contribution in [-0.4, -0.2) is 21.1 Å². The van der Waals surface area contributed by atoms with E-state index >= 15 is 0 Å². The van der Waals surface area contributed by atoms with E-state index < -0.39 is 0 Å². The quantitative estimate of drug-likeness (QED) is 0.482. The minimum Gasteiger partial charge on any atom is -0.300 e. The first-order valence-corrected chi connectivity index (χ1v) is 10.5. The molecule has 0 spiro atoms. The van der Waals surface area contributed by atoms with Crippen LogP contribution < -0.4 is 5.32 Å². The maximum atomic E-state index is 12.3. The monoisotopic (exact) mass is 418 g/mol. The van der Waals surface area contributed by atoms with Gasteiger partial charge >= 0.3 is 0 Å². The molecule has 5 nitrogen and oxygen atoms in total. The number of thiophene rings is 1. The molecule has 0 aliphatic rings. The molecule has 9 heteroatoms. The summed E-state index contributed by atoms with van der Waals surface area (Å²) in [5.74, 6) is -0.165. The van der Waals surface area contributed by atoms with E-state index in [0.717, 1.165) is 30.5 Å². The molecule has 0 saturated heterocycles. The largest absolute Gasteiger partial charge is 0.300 e. The zero-order valence-corrected chi connectivity index (χ0v) is 16.4. The second kappa shape index (κ2) is 7.63. The van der Waals surface area contributed by atoms with Crippen LogP contribution in [0.5, 0.6) is 0 Å². The van der Waals surface area contributed by atoms with Crippen molar-refractivity contribution in [3.63, 3.8) is 0 Å². The number of nitrogens with one attached hydrogen (secondary N) is 1. The molecule has 0 unspecified atom stereocenters. The second-order valence-electron chi connectivity index (χ2n) is 5.25. The van der Waals surface area contributed by atoms with E-state index in [1.165, 1.54) is 34.0 Å². The molecule has 130 valence electrons. The smallest absolute Gasteiger partial charge is 0.232 e. The summed E-state index contributed by atoms with van der Waals surface area (Å²) >= 11 is 10.3. The van der Waals surface area contributed by atoms with Crippen LogP contribution in [0.25, 0.3) is 20.5 Å². The number of benzene rings is 1. The first-order valence-electron chi connectivity index (χ1n) is 7.56. The Morgan fingerprint density at radius 2 is 1.88 bits per heavy atom. The van der Waals surface area contributed by atoms with Crippen LogP contribution in [0.15, 0.2) is 47.8 Å². The SMILES string of the molecule is O=C(Cc1csc(-c2ccc(Cl)s2)n1)Nc1nnc(-c2ccccc2)s1. The van der Waals surface area contributed by atoms with Crippen LogP contribution >= 0.6 is 45.6 Å². The van der Waals surface area contributed by atoms with Crippen molar-refractivity contribution in [3.05, 3.63) is 57.9 Å². The number of aromatic nitrogens is 3. The predicted octanol–water partition coefficient (Wildman–Crippen LogP) is 5.22. The molecule has 0 radical (unpaired) electrons. The second-order valence-corrected chi connectivity index (χ2v) is 8.80. The Labute approximate surface area is 166 Å². The highest BCUT2D eigenvalue weighted by Crippen LogP contribution is 2.33. The Balaban J connectivity index is 1.40. The number of amides is 1. The number of rotatable bonds is 5. The van der Waals surface area contributed by atoms with Gasteiger partial charge in [0.25, 0.3) is 0 Å². The van der Waals surface area contributed by atoms with Gasteiger partial charge in [-0.3, -0.25) is 4.79 Å². The molecule has 1 amide bonds. The molecule has 0 aliphatic heterocycles. The van der Waals surface area contributed by atoms with E-state index in [9.17, 15) is 4.79 Å².